The van der Waals surface area contributed by atoms with E-state index in [2.05, 4.69) is 28.7 Å². The van der Waals surface area contributed by atoms with Crippen LogP contribution in [0, 0.1) is 0 Å². The van der Waals surface area contributed by atoms with Gasteiger partial charge in [0.15, 0.2) is 4.11 Å². The quantitative estimate of drug-likeness (QED) is 0.481. The zero-order valence-electron chi connectivity index (χ0n) is 9.17. The number of nitrogens with zero attached hydrogens (tertiary/aromatic N) is 1. The van der Waals surface area contributed by atoms with Crippen LogP contribution in [0.25, 0.3) is 0 Å². The smallest absolute Gasteiger partial charge is 0.229 e. The number of hydrogen-bond acceptors (Lipinski definition) is 2. The van der Waals surface area contributed by atoms with Crippen molar-refractivity contribution in [2.75, 3.05) is 0 Å². The Morgan fingerprint density at radius 1 is 1.35 bits per heavy atom. The lowest BCUT2D eigenvalue weighted by Gasteiger charge is -2.38. The van der Waals surface area contributed by atoms with Gasteiger partial charge in [-0.15, -0.1) is 0 Å². The Hall–Kier alpha value is -1.04. The third-order valence-corrected chi connectivity index (χ3v) is 4.03. The summed E-state index contributed by atoms with van der Waals surface area (Å²) < 4.78 is 5.73. The molecule has 2 aliphatic heterocycles. The van der Waals surface area contributed by atoms with Gasteiger partial charge in [0.2, 0.25) is 5.91 Å². The summed E-state index contributed by atoms with van der Waals surface area (Å²) in [5, 5.41) is 0. The number of benzene rings is 1. The second-order valence-electron chi connectivity index (χ2n) is 4.23. The predicted octanol–water partition coefficient (Wildman–Crippen LogP) is 2.72. The van der Waals surface area contributed by atoms with E-state index in [1.807, 2.05) is 35.2 Å². The van der Waals surface area contributed by atoms with Crippen molar-refractivity contribution < 1.29 is 9.53 Å². The Morgan fingerprint density at radius 2 is 2.12 bits per heavy atom. The molecule has 2 aliphatic rings. The van der Waals surface area contributed by atoms with Crippen LogP contribution in [0.1, 0.15) is 12.8 Å². The Balaban J connectivity index is 1.71. The van der Waals surface area contributed by atoms with Crippen molar-refractivity contribution in [3.63, 3.8) is 0 Å². The van der Waals surface area contributed by atoms with Crippen molar-refractivity contribution in [2.45, 2.75) is 23.0 Å². The first kappa shape index (κ1) is 11.1. The summed E-state index contributed by atoms with van der Waals surface area (Å²) in [6, 6.07) is 10.1. The summed E-state index contributed by atoms with van der Waals surface area (Å²) in [6.45, 7) is 0. The summed E-state index contributed by atoms with van der Waals surface area (Å²) in [4.78, 5) is 13.4. The molecule has 1 aromatic rings. The van der Waals surface area contributed by atoms with Crippen LogP contribution < -0.4 is 4.74 Å². The van der Waals surface area contributed by atoms with Crippen LogP contribution in [-0.4, -0.2) is 21.0 Å². The van der Waals surface area contributed by atoms with Crippen molar-refractivity contribution in [1.82, 2.24) is 4.90 Å². The van der Waals surface area contributed by atoms with Gasteiger partial charge in [-0.1, -0.05) is 24.3 Å². The van der Waals surface area contributed by atoms with Gasteiger partial charge < -0.3 is 9.64 Å². The molecule has 17 heavy (non-hydrogen) atoms. The van der Waals surface area contributed by atoms with E-state index in [-0.39, 0.29) is 10.0 Å². The number of fused-ring (bicyclic) bond motifs is 1. The Kier molecular flexibility index (Phi) is 2.82. The second-order valence-corrected chi connectivity index (χ2v) is 5.36. The summed E-state index contributed by atoms with van der Waals surface area (Å²) in [6.07, 6.45) is 3.78. The van der Waals surface area contributed by atoms with E-state index in [0.29, 0.717) is 12.5 Å². The van der Waals surface area contributed by atoms with Crippen molar-refractivity contribution >= 4 is 28.5 Å². The molecular weight excluding hydrogens is 329 g/mol. The predicted molar refractivity (Wildman–Crippen MR) is 72.8 cm³/mol. The molecule has 1 amide bonds. The first-order valence-electron chi connectivity index (χ1n) is 5.63. The fourth-order valence-corrected chi connectivity index (χ4v) is 3.11. The minimum atomic E-state index is -0.0933. The number of alkyl halides is 1. The van der Waals surface area contributed by atoms with Crippen molar-refractivity contribution in [3.05, 3.63) is 42.1 Å². The highest BCUT2D eigenvalue weighted by atomic mass is 127. The zero-order valence-corrected chi connectivity index (χ0v) is 11.3. The van der Waals surface area contributed by atoms with Gasteiger partial charge in [0.25, 0.3) is 0 Å². The van der Waals surface area contributed by atoms with Crippen LogP contribution in [0.15, 0.2) is 42.1 Å². The summed E-state index contributed by atoms with van der Waals surface area (Å²) in [5.74, 6) is 1.06. The van der Waals surface area contributed by atoms with Crippen LogP contribution in [0.2, 0.25) is 0 Å². The van der Waals surface area contributed by atoms with Gasteiger partial charge >= 0.3 is 0 Å². The molecule has 0 radical (unpaired) electrons. The molecular formula is C13H12INO2. The lowest BCUT2D eigenvalue weighted by molar-refractivity contribution is -0.141. The highest BCUT2D eigenvalue weighted by molar-refractivity contribution is 14.1. The molecule has 4 heteroatoms. The number of carbonyl (C=O) groups is 1. The maximum atomic E-state index is 11.5. The van der Waals surface area contributed by atoms with Crippen molar-refractivity contribution in [2.24, 2.45) is 0 Å². The third-order valence-electron chi connectivity index (χ3n) is 3.14. The molecule has 0 bridgehead atoms. The lowest BCUT2D eigenvalue weighted by atomic mass is 10.0. The van der Waals surface area contributed by atoms with E-state index >= 15 is 0 Å². The van der Waals surface area contributed by atoms with Crippen LogP contribution in [0.5, 0.6) is 5.75 Å². The first-order valence-corrected chi connectivity index (χ1v) is 6.88. The number of β-lactam (4-membered cyclic amide) rings is 1. The first-order chi connectivity index (χ1) is 8.25. The van der Waals surface area contributed by atoms with Gasteiger partial charge in [-0.05, 0) is 41.1 Å². The standard InChI is InChI=1S/C13H12INO2/c14-13(17-10-4-2-1-3-5-10)11-7-6-9-8-12(16)15(9)11/h1-5,7,9,13H,6,8H2/t9-,13?/m1/s1. The fraction of sp³-hybridized carbons (Fsp3) is 0.308. The van der Waals surface area contributed by atoms with Crippen molar-refractivity contribution in [1.29, 1.82) is 0 Å². The number of halogens is 1. The molecule has 0 saturated carbocycles. The number of rotatable bonds is 3. The van der Waals surface area contributed by atoms with Gasteiger partial charge in [0, 0.05) is 12.5 Å². The Bertz CT molecular complexity index is 472. The van der Waals surface area contributed by atoms with Crippen LogP contribution in [0.3, 0.4) is 0 Å². The maximum Gasteiger partial charge on any atom is 0.229 e. The van der Waals surface area contributed by atoms with Crippen LogP contribution in [-0.2, 0) is 4.79 Å². The van der Waals surface area contributed by atoms with E-state index in [0.717, 1.165) is 17.9 Å². The number of amides is 1. The minimum absolute atomic E-state index is 0.0933. The maximum absolute atomic E-state index is 11.5. The number of para-hydroxylation sites is 1. The number of ether oxygens (including phenoxy) is 1. The Labute approximate surface area is 114 Å². The van der Waals surface area contributed by atoms with Gasteiger partial charge in [-0.3, -0.25) is 4.79 Å². The molecule has 1 saturated heterocycles. The third kappa shape index (κ3) is 1.94. The minimum Gasteiger partial charge on any atom is -0.474 e. The van der Waals surface area contributed by atoms with Crippen molar-refractivity contribution in [3.8, 4) is 5.75 Å². The molecule has 0 aliphatic carbocycles. The fourth-order valence-electron chi connectivity index (χ4n) is 2.26. The monoisotopic (exact) mass is 341 g/mol. The van der Waals surface area contributed by atoms with Crippen LogP contribution in [0.4, 0.5) is 0 Å². The molecule has 3 rings (SSSR count). The van der Waals surface area contributed by atoms with Crippen LogP contribution >= 0.6 is 22.6 Å². The molecule has 1 unspecified atom stereocenters. The summed E-state index contributed by atoms with van der Waals surface area (Å²) in [7, 11) is 0. The number of hydrogen-bond donors (Lipinski definition) is 0. The van der Waals surface area contributed by atoms with E-state index in [4.69, 9.17) is 4.74 Å². The molecule has 1 aromatic carbocycles. The molecule has 0 aromatic heterocycles. The Morgan fingerprint density at radius 3 is 2.82 bits per heavy atom. The average molecular weight is 341 g/mol. The molecule has 0 spiro atoms. The molecule has 2 atom stereocenters. The SMILES string of the molecule is O=C1C[C@H]2CC=C(C(I)Oc3ccccc3)N12. The van der Waals surface area contributed by atoms with E-state index < -0.39 is 0 Å². The lowest BCUT2D eigenvalue weighted by Crippen LogP contribution is -2.50. The van der Waals surface area contributed by atoms with E-state index in [1.54, 1.807) is 0 Å². The molecule has 1 fully saturated rings. The topological polar surface area (TPSA) is 29.5 Å². The van der Waals surface area contributed by atoms with E-state index in [1.165, 1.54) is 0 Å². The molecule has 3 nitrogen and oxygen atoms in total. The normalized spacial score (nSPS) is 23.8. The van der Waals surface area contributed by atoms with Gasteiger partial charge in [0.1, 0.15) is 5.75 Å². The molecule has 88 valence electrons. The second kappa shape index (κ2) is 4.33. The van der Waals surface area contributed by atoms with Gasteiger partial charge in [0.05, 0.1) is 5.70 Å². The summed E-state index contributed by atoms with van der Waals surface area (Å²) in [5.41, 5.74) is 1.01. The highest BCUT2D eigenvalue weighted by Crippen LogP contribution is 2.37. The highest BCUT2D eigenvalue weighted by Gasteiger charge is 2.43. The van der Waals surface area contributed by atoms with E-state index in [9.17, 15) is 4.79 Å². The van der Waals surface area contributed by atoms with Gasteiger partial charge in [-0.25, -0.2) is 0 Å². The molecule has 0 N–H and O–H groups in total. The average Bonchev–Trinajstić information content (AvgIpc) is 2.67. The summed E-state index contributed by atoms with van der Waals surface area (Å²) >= 11 is 2.23. The largest absolute Gasteiger partial charge is 0.474 e. The number of carbonyl (C=O) groups excluding carboxylic acids is 1. The molecule has 2 heterocycles. The zero-order chi connectivity index (χ0) is 11.8. The van der Waals surface area contributed by atoms with Gasteiger partial charge in [-0.2, -0.15) is 0 Å².